The molecule has 1 aliphatic rings. The summed E-state index contributed by atoms with van der Waals surface area (Å²) in [4.78, 5) is 10.3. The van der Waals surface area contributed by atoms with Gasteiger partial charge in [0.1, 0.15) is 5.65 Å². The van der Waals surface area contributed by atoms with E-state index in [4.69, 9.17) is 4.74 Å². The van der Waals surface area contributed by atoms with Gasteiger partial charge < -0.3 is 15.0 Å². The van der Waals surface area contributed by atoms with Gasteiger partial charge >= 0.3 is 0 Å². The summed E-state index contributed by atoms with van der Waals surface area (Å²) in [6, 6.07) is 6.25. The van der Waals surface area contributed by atoms with E-state index in [2.05, 4.69) is 60.0 Å². The van der Waals surface area contributed by atoms with Crippen LogP contribution in [0.25, 0.3) is 11.0 Å². The predicted octanol–water partition coefficient (Wildman–Crippen LogP) is 2.54. The van der Waals surface area contributed by atoms with Crippen LogP contribution >= 0.6 is 0 Å². The van der Waals surface area contributed by atoms with Crippen molar-refractivity contribution in [3.8, 4) is 0 Å². The molecule has 5 heteroatoms. The summed E-state index contributed by atoms with van der Waals surface area (Å²) in [5.41, 5.74) is 2.13. The highest BCUT2D eigenvalue weighted by atomic mass is 16.5. The lowest BCUT2D eigenvalue weighted by Crippen LogP contribution is -2.58. The summed E-state index contributed by atoms with van der Waals surface area (Å²) in [5, 5.41) is 4.72. The van der Waals surface area contributed by atoms with Crippen LogP contribution in [0.2, 0.25) is 0 Å². The minimum absolute atomic E-state index is 0.100. The minimum Gasteiger partial charge on any atom is -0.373 e. The van der Waals surface area contributed by atoms with Crippen molar-refractivity contribution in [2.24, 2.45) is 0 Å². The van der Waals surface area contributed by atoms with E-state index >= 15 is 0 Å². The number of pyridine rings is 1. The molecule has 3 rings (SSSR count). The third kappa shape index (κ3) is 3.91. The maximum absolute atomic E-state index is 5.84. The summed E-state index contributed by atoms with van der Waals surface area (Å²) < 4.78 is 5.84. The quantitative estimate of drug-likeness (QED) is 0.890. The second-order valence-electron chi connectivity index (χ2n) is 7.30. The van der Waals surface area contributed by atoms with Gasteiger partial charge in [0.25, 0.3) is 0 Å². The number of fused-ring (bicyclic) bond motifs is 1. The molecule has 0 bridgehead atoms. The topological polar surface area (TPSA) is 53.2 Å². The number of ether oxygens (including phenoxy) is 1. The van der Waals surface area contributed by atoms with Crippen molar-refractivity contribution in [2.75, 3.05) is 19.6 Å². The van der Waals surface area contributed by atoms with Crippen molar-refractivity contribution in [3.63, 3.8) is 0 Å². The molecule has 1 aliphatic heterocycles. The van der Waals surface area contributed by atoms with Gasteiger partial charge in [0.05, 0.1) is 17.9 Å². The van der Waals surface area contributed by atoms with Crippen molar-refractivity contribution >= 4 is 11.0 Å². The SMILES string of the molecule is CC1CN(C(C)(C)CNCc2ccc3cc[nH]c3n2)CC(C)O1. The van der Waals surface area contributed by atoms with E-state index in [1.54, 1.807) is 0 Å². The highest BCUT2D eigenvalue weighted by Gasteiger charge is 2.32. The molecule has 2 aromatic heterocycles. The van der Waals surface area contributed by atoms with Crippen molar-refractivity contribution in [1.29, 1.82) is 0 Å². The highest BCUT2D eigenvalue weighted by molar-refractivity contribution is 5.75. The smallest absolute Gasteiger partial charge is 0.137 e. The molecule has 0 aromatic carbocycles. The maximum Gasteiger partial charge on any atom is 0.137 e. The number of nitrogens with one attached hydrogen (secondary N) is 2. The van der Waals surface area contributed by atoms with E-state index in [-0.39, 0.29) is 5.54 Å². The zero-order chi connectivity index (χ0) is 16.4. The first-order valence-corrected chi connectivity index (χ1v) is 8.48. The Morgan fingerprint density at radius 2 is 2.00 bits per heavy atom. The van der Waals surface area contributed by atoms with Gasteiger partial charge in [-0.15, -0.1) is 0 Å². The monoisotopic (exact) mass is 316 g/mol. The molecule has 2 unspecified atom stereocenters. The minimum atomic E-state index is 0.100. The fraction of sp³-hybridized carbons (Fsp3) is 0.611. The number of nitrogens with zero attached hydrogens (tertiary/aromatic N) is 2. The largest absolute Gasteiger partial charge is 0.373 e. The summed E-state index contributed by atoms with van der Waals surface area (Å²) >= 11 is 0. The summed E-state index contributed by atoms with van der Waals surface area (Å²) in [7, 11) is 0. The van der Waals surface area contributed by atoms with Crippen LogP contribution in [0.3, 0.4) is 0 Å². The van der Waals surface area contributed by atoms with Crippen LogP contribution in [0.1, 0.15) is 33.4 Å². The van der Waals surface area contributed by atoms with Crippen LogP contribution in [0, 0.1) is 0 Å². The third-order valence-electron chi connectivity index (χ3n) is 4.61. The molecule has 0 amide bonds. The predicted molar refractivity (Wildman–Crippen MR) is 93.5 cm³/mol. The fourth-order valence-electron chi connectivity index (χ4n) is 3.35. The first kappa shape index (κ1) is 16.4. The number of rotatable bonds is 5. The third-order valence-corrected chi connectivity index (χ3v) is 4.61. The van der Waals surface area contributed by atoms with Gasteiger partial charge in [-0.25, -0.2) is 4.98 Å². The standard InChI is InChI=1S/C18H28N4O/c1-13-10-22(11-14(2)23-13)18(3,4)12-19-9-16-6-5-15-7-8-20-17(15)21-16/h5-8,13-14,19H,9-12H2,1-4H3,(H,20,21). The first-order chi connectivity index (χ1) is 10.9. The molecular formula is C18H28N4O. The van der Waals surface area contributed by atoms with Gasteiger partial charge in [-0.3, -0.25) is 4.90 Å². The van der Waals surface area contributed by atoms with Crippen LogP contribution in [0.4, 0.5) is 0 Å². The molecule has 2 aromatic rings. The molecule has 2 atom stereocenters. The lowest BCUT2D eigenvalue weighted by molar-refractivity contribution is -0.0952. The van der Waals surface area contributed by atoms with E-state index in [1.807, 2.05) is 12.3 Å². The molecular weight excluding hydrogens is 288 g/mol. The lowest BCUT2D eigenvalue weighted by atomic mass is 10.00. The van der Waals surface area contributed by atoms with Crippen LogP contribution in [-0.4, -0.2) is 52.2 Å². The number of H-pyrrole nitrogens is 1. The van der Waals surface area contributed by atoms with Crippen molar-refractivity contribution in [1.82, 2.24) is 20.2 Å². The summed E-state index contributed by atoms with van der Waals surface area (Å²) in [5.74, 6) is 0. The number of aromatic nitrogens is 2. The molecule has 126 valence electrons. The van der Waals surface area contributed by atoms with Gasteiger partial charge in [0.15, 0.2) is 0 Å². The summed E-state index contributed by atoms with van der Waals surface area (Å²) in [6.45, 7) is 12.6. The fourth-order valence-corrected chi connectivity index (χ4v) is 3.35. The van der Waals surface area contributed by atoms with Crippen molar-refractivity contribution in [2.45, 2.75) is 52.0 Å². The Bertz CT molecular complexity index is 641. The van der Waals surface area contributed by atoms with Crippen molar-refractivity contribution in [3.05, 3.63) is 30.1 Å². The zero-order valence-corrected chi connectivity index (χ0v) is 14.6. The Labute approximate surface area is 138 Å². The average molecular weight is 316 g/mol. The molecule has 5 nitrogen and oxygen atoms in total. The van der Waals surface area contributed by atoms with Gasteiger partial charge in [-0.2, -0.15) is 0 Å². The number of morpholine rings is 1. The number of hydrogen-bond acceptors (Lipinski definition) is 4. The second kappa shape index (κ2) is 6.59. The Kier molecular flexibility index (Phi) is 4.71. The molecule has 0 saturated carbocycles. The van der Waals surface area contributed by atoms with Gasteiger partial charge in [0.2, 0.25) is 0 Å². The number of aromatic amines is 1. The molecule has 0 spiro atoms. The highest BCUT2D eigenvalue weighted by Crippen LogP contribution is 2.20. The lowest BCUT2D eigenvalue weighted by Gasteiger charge is -2.45. The molecule has 23 heavy (non-hydrogen) atoms. The summed E-state index contributed by atoms with van der Waals surface area (Å²) in [6.07, 6.45) is 2.53. The van der Waals surface area contributed by atoms with Crippen LogP contribution in [0.5, 0.6) is 0 Å². The Morgan fingerprint density at radius 3 is 2.74 bits per heavy atom. The number of hydrogen-bond donors (Lipinski definition) is 2. The van der Waals surface area contributed by atoms with Crippen LogP contribution in [-0.2, 0) is 11.3 Å². The Morgan fingerprint density at radius 1 is 1.26 bits per heavy atom. The second-order valence-corrected chi connectivity index (χ2v) is 7.30. The Balaban J connectivity index is 1.56. The maximum atomic E-state index is 5.84. The van der Waals surface area contributed by atoms with E-state index in [1.165, 1.54) is 0 Å². The molecule has 1 saturated heterocycles. The van der Waals surface area contributed by atoms with Crippen LogP contribution < -0.4 is 5.32 Å². The van der Waals surface area contributed by atoms with Gasteiger partial charge in [-0.05, 0) is 45.9 Å². The van der Waals surface area contributed by atoms with Gasteiger partial charge in [-0.1, -0.05) is 0 Å². The molecule has 2 N–H and O–H groups in total. The van der Waals surface area contributed by atoms with E-state index in [0.717, 1.165) is 42.9 Å². The molecule has 0 radical (unpaired) electrons. The van der Waals surface area contributed by atoms with Gasteiger partial charge in [0, 0.05) is 43.3 Å². The first-order valence-electron chi connectivity index (χ1n) is 8.48. The zero-order valence-electron chi connectivity index (χ0n) is 14.6. The molecule has 0 aliphatic carbocycles. The van der Waals surface area contributed by atoms with E-state index in [9.17, 15) is 0 Å². The Hall–Kier alpha value is -1.43. The normalized spacial score (nSPS) is 23.5. The molecule has 3 heterocycles. The average Bonchev–Trinajstić information content (AvgIpc) is 2.93. The van der Waals surface area contributed by atoms with Crippen molar-refractivity contribution < 1.29 is 4.74 Å². The van der Waals surface area contributed by atoms with E-state index < -0.39 is 0 Å². The van der Waals surface area contributed by atoms with Crippen LogP contribution in [0.15, 0.2) is 24.4 Å². The molecule has 1 fully saturated rings. The van der Waals surface area contributed by atoms with E-state index in [0.29, 0.717) is 12.2 Å².